The summed E-state index contributed by atoms with van der Waals surface area (Å²) < 4.78 is 0. The van der Waals surface area contributed by atoms with E-state index >= 15 is 0 Å². The highest BCUT2D eigenvalue weighted by Crippen LogP contribution is 2.21. The molecule has 29 heavy (non-hydrogen) atoms. The van der Waals surface area contributed by atoms with Crippen LogP contribution in [0, 0.1) is 6.92 Å². The van der Waals surface area contributed by atoms with Gasteiger partial charge in [0.05, 0.1) is 6.10 Å². The Bertz CT molecular complexity index is 908. The summed E-state index contributed by atoms with van der Waals surface area (Å²) in [5.74, 6) is 0.791. The van der Waals surface area contributed by atoms with E-state index in [2.05, 4.69) is 58.9 Å². The topological polar surface area (TPSA) is 72.4 Å². The zero-order chi connectivity index (χ0) is 19.8. The van der Waals surface area contributed by atoms with Crippen molar-refractivity contribution in [3.63, 3.8) is 0 Å². The number of fused-ring (bicyclic) bond motifs is 1. The lowest BCUT2D eigenvalue weighted by atomic mass is 10.1. The largest absolute Gasteiger partial charge is 0.388 e. The second-order valence-electron chi connectivity index (χ2n) is 6.96. The summed E-state index contributed by atoms with van der Waals surface area (Å²) in [6.45, 7) is 6.35. The number of aromatic amines is 1. The highest BCUT2D eigenvalue weighted by atomic mass is 127. The van der Waals surface area contributed by atoms with E-state index in [9.17, 15) is 5.11 Å². The number of hydrogen-bond acceptors (Lipinski definition) is 2. The molecule has 3 rings (SSSR count). The fourth-order valence-corrected chi connectivity index (χ4v) is 3.37. The molecular weight excluding hydrogens is 475 g/mol. The standard InChI is InChI=1S/C23H30N4O.HI/c1-3-24-23(26-15-13-21(28)18-9-5-4-6-10-18)25-14-12-19-16-27-22-17(2)8-7-11-20(19)22;/h4-11,16,21,27-28H,3,12-15H2,1-2H3,(H2,24,25,26);1H. The van der Waals surface area contributed by atoms with Crippen molar-refractivity contribution < 1.29 is 5.11 Å². The van der Waals surface area contributed by atoms with Gasteiger partial charge in [-0.3, -0.25) is 4.99 Å². The first-order valence-corrected chi connectivity index (χ1v) is 9.99. The van der Waals surface area contributed by atoms with Crippen molar-refractivity contribution in [2.24, 2.45) is 4.99 Å². The van der Waals surface area contributed by atoms with E-state index in [1.165, 1.54) is 22.0 Å². The van der Waals surface area contributed by atoms with Crippen LogP contribution in [0.15, 0.2) is 59.7 Å². The zero-order valence-electron chi connectivity index (χ0n) is 17.1. The van der Waals surface area contributed by atoms with Crippen LogP contribution < -0.4 is 10.6 Å². The number of rotatable bonds is 8. The normalized spacial score (nSPS) is 12.4. The maximum Gasteiger partial charge on any atom is 0.191 e. The second kappa shape index (κ2) is 11.8. The maximum absolute atomic E-state index is 10.3. The predicted molar refractivity (Wildman–Crippen MR) is 132 cm³/mol. The first-order chi connectivity index (χ1) is 13.7. The van der Waals surface area contributed by atoms with E-state index in [4.69, 9.17) is 0 Å². The molecule has 0 aliphatic rings. The smallest absolute Gasteiger partial charge is 0.191 e. The molecule has 0 bridgehead atoms. The zero-order valence-corrected chi connectivity index (χ0v) is 19.4. The number of aromatic nitrogens is 1. The van der Waals surface area contributed by atoms with Gasteiger partial charge in [0, 0.05) is 36.7 Å². The number of hydrogen-bond donors (Lipinski definition) is 4. The number of nitrogens with one attached hydrogen (secondary N) is 3. The molecule has 0 radical (unpaired) electrons. The average molecular weight is 506 g/mol. The number of halogens is 1. The molecule has 2 aromatic carbocycles. The van der Waals surface area contributed by atoms with Crippen LogP contribution in [0.1, 0.15) is 36.1 Å². The van der Waals surface area contributed by atoms with Gasteiger partial charge >= 0.3 is 0 Å². The summed E-state index contributed by atoms with van der Waals surface area (Å²) in [6.07, 6.45) is 3.13. The van der Waals surface area contributed by atoms with Crippen molar-refractivity contribution in [3.8, 4) is 0 Å². The molecule has 0 saturated carbocycles. The van der Waals surface area contributed by atoms with Gasteiger partial charge < -0.3 is 20.7 Å². The number of H-pyrrole nitrogens is 1. The number of aliphatic imine (C=N–C) groups is 1. The van der Waals surface area contributed by atoms with Gasteiger partial charge in [0.2, 0.25) is 0 Å². The average Bonchev–Trinajstić information content (AvgIpc) is 3.13. The lowest BCUT2D eigenvalue weighted by Gasteiger charge is -2.13. The summed E-state index contributed by atoms with van der Waals surface area (Å²) in [6, 6.07) is 16.1. The number of para-hydroxylation sites is 1. The van der Waals surface area contributed by atoms with Crippen LogP contribution in [0.4, 0.5) is 0 Å². The quantitative estimate of drug-likeness (QED) is 0.209. The summed E-state index contributed by atoms with van der Waals surface area (Å²) in [7, 11) is 0. The van der Waals surface area contributed by atoms with Crippen molar-refractivity contribution >= 4 is 40.8 Å². The molecule has 3 aromatic rings. The Kier molecular flexibility index (Phi) is 9.47. The Hall–Kier alpha value is -2.06. The number of guanidine groups is 1. The Morgan fingerprint density at radius 3 is 2.66 bits per heavy atom. The summed E-state index contributed by atoms with van der Waals surface area (Å²) >= 11 is 0. The third-order valence-corrected chi connectivity index (χ3v) is 4.90. The molecule has 156 valence electrons. The van der Waals surface area contributed by atoms with E-state index in [-0.39, 0.29) is 24.0 Å². The van der Waals surface area contributed by atoms with Crippen molar-refractivity contribution in [3.05, 3.63) is 71.4 Å². The molecule has 5 nitrogen and oxygen atoms in total. The molecule has 0 spiro atoms. The SMILES string of the molecule is CCNC(=NCCC(O)c1ccccc1)NCCc1c[nH]c2c(C)cccc12.I. The molecule has 0 aliphatic carbocycles. The minimum absolute atomic E-state index is 0. The minimum Gasteiger partial charge on any atom is -0.388 e. The van der Waals surface area contributed by atoms with Gasteiger partial charge in [-0.15, -0.1) is 24.0 Å². The molecule has 1 heterocycles. The number of benzene rings is 2. The highest BCUT2D eigenvalue weighted by Gasteiger charge is 2.07. The highest BCUT2D eigenvalue weighted by molar-refractivity contribution is 14.0. The Labute approximate surface area is 190 Å². The summed E-state index contributed by atoms with van der Waals surface area (Å²) in [5, 5.41) is 18.2. The molecular formula is C23H31IN4O. The first-order valence-electron chi connectivity index (χ1n) is 9.99. The van der Waals surface area contributed by atoms with Crippen LogP contribution >= 0.6 is 24.0 Å². The lowest BCUT2D eigenvalue weighted by molar-refractivity contribution is 0.170. The van der Waals surface area contributed by atoms with Crippen molar-refractivity contribution in [2.45, 2.75) is 32.8 Å². The Morgan fingerprint density at radius 1 is 1.10 bits per heavy atom. The summed E-state index contributed by atoms with van der Waals surface area (Å²) in [4.78, 5) is 7.98. The van der Waals surface area contributed by atoms with Crippen LogP contribution in [0.5, 0.6) is 0 Å². The molecule has 4 N–H and O–H groups in total. The van der Waals surface area contributed by atoms with Crippen molar-refractivity contribution in [2.75, 3.05) is 19.6 Å². The van der Waals surface area contributed by atoms with E-state index in [1.54, 1.807) is 0 Å². The summed E-state index contributed by atoms with van der Waals surface area (Å²) in [5.41, 5.74) is 4.73. The van der Waals surface area contributed by atoms with Gasteiger partial charge in [-0.2, -0.15) is 0 Å². The van der Waals surface area contributed by atoms with Crippen LogP contribution in [0.25, 0.3) is 10.9 Å². The molecule has 0 amide bonds. The van der Waals surface area contributed by atoms with Crippen molar-refractivity contribution in [1.29, 1.82) is 0 Å². The number of aliphatic hydroxyl groups excluding tert-OH is 1. The van der Waals surface area contributed by atoms with Gasteiger partial charge in [0.1, 0.15) is 0 Å². The van der Waals surface area contributed by atoms with Gasteiger partial charge in [-0.05, 0) is 43.4 Å². The predicted octanol–water partition coefficient (Wildman–Crippen LogP) is 4.32. The molecule has 1 aromatic heterocycles. The van der Waals surface area contributed by atoms with Gasteiger partial charge in [-0.25, -0.2) is 0 Å². The second-order valence-corrected chi connectivity index (χ2v) is 6.96. The minimum atomic E-state index is -0.484. The maximum atomic E-state index is 10.3. The fourth-order valence-electron chi connectivity index (χ4n) is 3.37. The van der Waals surface area contributed by atoms with E-state index in [0.29, 0.717) is 13.0 Å². The number of aryl methyl sites for hydroxylation is 1. The monoisotopic (exact) mass is 506 g/mol. The van der Waals surface area contributed by atoms with Crippen LogP contribution in [0.2, 0.25) is 0 Å². The first kappa shape index (κ1) is 23.2. The lowest BCUT2D eigenvalue weighted by Crippen LogP contribution is -2.38. The molecule has 1 unspecified atom stereocenters. The van der Waals surface area contributed by atoms with E-state index in [1.807, 2.05) is 30.3 Å². The Balaban J connectivity index is 0.00000300. The molecule has 1 atom stereocenters. The fraction of sp³-hybridized carbons (Fsp3) is 0.348. The molecule has 0 aliphatic heterocycles. The van der Waals surface area contributed by atoms with Gasteiger partial charge in [0.25, 0.3) is 0 Å². The Morgan fingerprint density at radius 2 is 1.90 bits per heavy atom. The molecule has 0 fully saturated rings. The molecule has 0 saturated heterocycles. The van der Waals surface area contributed by atoms with Crippen LogP contribution in [-0.2, 0) is 6.42 Å². The van der Waals surface area contributed by atoms with Gasteiger partial charge in [0.15, 0.2) is 5.96 Å². The van der Waals surface area contributed by atoms with Crippen LogP contribution in [0.3, 0.4) is 0 Å². The number of aliphatic hydroxyl groups is 1. The van der Waals surface area contributed by atoms with Gasteiger partial charge in [-0.1, -0.05) is 48.5 Å². The van der Waals surface area contributed by atoms with Crippen LogP contribution in [-0.4, -0.2) is 35.7 Å². The third kappa shape index (κ3) is 6.47. The molecule has 6 heteroatoms. The number of nitrogens with zero attached hydrogens (tertiary/aromatic N) is 1. The van der Waals surface area contributed by atoms with E-state index in [0.717, 1.165) is 31.0 Å². The van der Waals surface area contributed by atoms with Crippen molar-refractivity contribution in [1.82, 2.24) is 15.6 Å². The van der Waals surface area contributed by atoms with E-state index < -0.39 is 6.10 Å². The third-order valence-electron chi connectivity index (χ3n) is 4.90.